The van der Waals surface area contributed by atoms with Gasteiger partial charge in [0, 0.05) is 23.1 Å². The maximum atomic E-state index is 11.9. The molecule has 114 valence electrons. The van der Waals surface area contributed by atoms with Gasteiger partial charge in [-0.2, -0.15) is 0 Å². The molecule has 1 heterocycles. The number of nitrogens with zero attached hydrogens (tertiary/aromatic N) is 1. The number of urea groups is 1. The van der Waals surface area contributed by atoms with Crippen LogP contribution in [0.5, 0.6) is 0 Å². The average molecular weight is 306 g/mol. The lowest BCUT2D eigenvalue weighted by Crippen LogP contribution is -2.19. The highest BCUT2D eigenvalue weighted by Crippen LogP contribution is 2.18. The van der Waals surface area contributed by atoms with Crippen LogP contribution in [0.15, 0.2) is 71.8 Å². The molecule has 0 fully saturated rings. The number of carbonyl (C=O) groups is 1. The normalized spacial score (nSPS) is 10.1. The van der Waals surface area contributed by atoms with Crippen LogP contribution in [-0.2, 0) is 0 Å². The van der Waals surface area contributed by atoms with E-state index in [1.807, 2.05) is 42.5 Å². The highest BCUT2D eigenvalue weighted by Gasteiger charge is 2.03. The van der Waals surface area contributed by atoms with Gasteiger partial charge >= 0.3 is 6.03 Å². The van der Waals surface area contributed by atoms with E-state index in [2.05, 4.69) is 20.6 Å². The molecule has 0 bridgehead atoms. The minimum atomic E-state index is -0.314. The van der Waals surface area contributed by atoms with E-state index in [1.54, 1.807) is 18.3 Å². The summed E-state index contributed by atoms with van der Waals surface area (Å²) in [4.78, 5) is 29.5. The number of anilines is 2. The summed E-state index contributed by atoms with van der Waals surface area (Å²) < 4.78 is 0. The molecule has 0 saturated carbocycles. The number of aromatic nitrogens is 2. The van der Waals surface area contributed by atoms with E-state index in [4.69, 9.17) is 0 Å². The van der Waals surface area contributed by atoms with Crippen molar-refractivity contribution < 1.29 is 4.79 Å². The Bertz CT molecular complexity index is 837. The second-order valence-electron chi connectivity index (χ2n) is 4.82. The van der Waals surface area contributed by atoms with Crippen molar-refractivity contribution in [2.75, 3.05) is 10.6 Å². The van der Waals surface area contributed by atoms with Gasteiger partial charge in [-0.05, 0) is 24.3 Å². The second kappa shape index (κ2) is 6.57. The maximum absolute atomic E-state index is 11.9. The molecule has 3 rings (SSSR count). The number of hydrogen-bond acceptors (Lipinski definition) is 3. The topological polar surface area (TPSA) is 86.9 Å². The number of nitrogens with one attached hydrogen (secondary N) is 3. The first-order valence-corrected chi connectivity index (χ1v) is 6.99. The Morgan fingerprint density at radius 2 is 1.57 bits per heavy atom. The lowest BCUT2D eigenvalue weighted by Gasteiger charge is -2.08. The third-order valence-electron chi connectivity index (χ3n) is 3.14. The molecular weight excluding hydrogens is 292 g/mol. The van der Waals surface area contributed by atoms with E-state index in [0.717, 1.165) is 11.3 Å². The highest BCUT2D eigenvalue weighted by molar-refractivity contribution is 5.99. The van der Waals surface area contributed by atoms with Crippen molar-refractivity contribution in [3.05, 3.63) is 77.3 Å². The summed E-state index contributed by atoms with van der Waals surface area (Å²) in [5.41, 5.74) is 2.63. The number of amides is 2. The second-order valence-corrected chi connectivity index (χ2v) is 4.82. The first-order chi connectivity index (χ1) is 11.2. The van der Waals surface area contributed by atoms with Gasteiger partial charge in [-0.3, -0.25) is 4.79 Å². The molecule has 1 aromatic heterocycles. The number of hydrogen-bond donors (Lipinski definition) is 3. The van der Waals surface area contributed by atoms with Crippen LogP contribution >= 0.6 is 0 Å². The van der Waals surface area contributed by atoms with Gasteiger partial charge in [-0.1, -0.05) is 30.3 Å². The Morgan fingerprint density at radius 3 is 2.17 bits per heavy atom. The van der Waals surface area contributed by atoms with Crippen molar-refractivity contribution in [2.24, 2.45) is 0 Å². The average Bonchev–Trinajstić information content (AvgIpc) is 2.57. The minimum Gasteiger partial charge on any atom is -0.326 e. The molecule has 3 N–H and O–H groups in total. The molecule has 2 aromatic carbocycles. The van der Waals surface area contributed by atoms with E-state index < -0.39 is 0 Å². The summed E-state index contributed by atoms with van der Waals surface area (Å²) in [7, 11) is 0. The fraction of sp³-hybridized carbons (Fsp3) is 0. The summed E-state index contributed by atoms with van der Waals surface area (Å²) in [6, 6.07) is 16.1. The van der Waals surface area contributed by atoms with E-state index in [0.29, 0.717) is 11.4 Å². The Hall–Kier alpha value is -3.41. The number of aromatic amines is 1. The molecule has 0 saturated heterocycles. The van der Waals surface area contributed by atoms with Crippen molar-refractivity contribution in [1.82, 2.24) is 9.97 Å². The minimum absolute atomic E-state index is 0.246. The zero-order chi connectivity index (χ0) is 16.1. The molecule has 0 aliphatic rings. The SMILES string of the molecule is O=C(Nc1ccccc1)Nc1ccc(-c2c[nH]c(=O)cn2)cc1. The Labute approximate surface area is 132 Å². The predicted octanol–water partition coefficient (Wildman–Crippen LogP) is 3.08. The van der Waals surface area contributed by atoms with Crippen LogP contribution < -0.4 is 16.2 Å². The van der Waals surface area contributed by atoms with Gasteiger partial charge in [-0.15, -0.1) is 0 Å². The lowest BCUT2D eigenvalue weighted by molar-refractivity contribution is 0.262. The smallest absolute Gasteiger partial charge is 0.323 e. The molecule has 0 spiro atoms. The van der Waals surface area contributed by atoms with Crippen LogP contribution in [0.4, 0.5) is 16.2 Å². The molecule has 0 unspecified atom stereocenters. The largest absolute Gasteiger partial charge is 0.326 e. The molecule has 0 radical (unpaired) electrons. The van der Waals surface area contributed by atoms with Crippen LogP contribution in [0.2, 0.25) is 0 Å². The summed E-state index contributed by atoms with van der Waals surface area (Å²) in [6.45, 7) is 0. The van der Waals surface area contributed by atoms with Crippen molar-refractivity contribution in [1.29, 1.82) is 0 Å². The first kappa shape index (κ1) is 14.5. The quantitative estimate of drug-likeness (QED) is 0.695. The Kier molecular flexibility index (Phi) is 4.15. The lowest BCUT2D eigenvalue weighted by atomic mass is 10.1. The molecule has 3 aromatic rings. The van der Waals surface area contributed by atoms with E-state index in [1.165, 1.54) is 6.20 Å². The van der Waals surface area contributed by atoms with E-state index >= 15 is 0 Å². The number of carbonyl (C=O) groups excluding carboxylic acids is 1. The van der Waals surface area contributed by atoms with Crippen molar-refractivity contribution in [3.8, 4) is 11.3 Å². The Balaban J connectivity index is 1.66. The summed E-state index contributed by atoms with van der Waals surface area (Å²) in [5, 5.41) is 5.49. The molecule has 0 atom stereocenters. The first-order valence-electron chi connectivity index (χ1n) is 6.99. The molecule has 6 nitrogen and oxygen atoms in total. The van der Waals surface area contributed by atoms with Crippen LogP contribution in [0, 0.1) is 0 Å². The molecule has 0 aliphatic carbocycles. The highest BCUT2D eigenvalue weighted by atomic mass is 16.2. The van der Waals surface area contributed by atoms with Gasteiger partial charge in [0.2, 0.25) is 0 Å². The number of H-pyrrole nitrogens is 1. The van der Waals surface area contributed by atoms with Gasteiger partial charge in [0.1, 0.15) is 0 Å². The Morgan fingerprint density at radius 1 is 0.913 bits per heavy atom. The maximum Gasteiger partial charge on any atom is 0.323 e. The van der Waals surface area contributed by atoms with E-state index in [-0.39, 0.29) is 11.6 Å². The van der Waals surface area contributed by atoms with Crippen molar-refractivity contribution >= 4 is 17.4 Å². The number of rotatable bonds is 3. The standard InChI is InChI=1S/C17H14N4O2/c22-16-11-18-15(10-19-16)12-6-8-14(9-7-12)21-17(23)20-13-4-2-1-3-5-13/h1-11H,(H,19,22)(H2,20,21,23). The van der Waals surface area contributed by atoms with Gasteiger partial charge in [0.25, 0.3) is 5.56 Å². The molecule has 2 amide bonds. The molecule has 23 heavy (non-hydrogen) atoms. The van der Waals surface area contributed by atoms with Gasteiger partial charge in [0.05, 0.1) is 11.9 Å². The molecular formula is C17H14N4O2. The number of benzene rings is 2. The summed E-state index contributed by atoms with van der Waals surface area (Å²) >= 11 is 0. The van der Waals surface area contributed by atoms with E-state index in [9.17, 15) is 9.59 Å². The van der Waals surface area contributed by atoms with Gasteiger partial charge in [-0.25, -0.2) is 9.78 Å². The zero-order valence-electron chi connectivity index (χ0n) is 12.1. The molecule has 6 heteroatoms. The third kappa shape index (κ3) is 3.82. The fourth-order valence-electron chi connectivity index (χ4n) is 2.04. The van der Waals surface area contributed by atoms with Crippen molar-refractivity contribution in [3.63, 3.8) is 0 Å². The van der Waals surface area contributed by atoms with Crippen LogP contribution in [0.3, 0.4) is 0 Å². The van der Waals surface area contributed by atoms with Crippen LogP contribution in [0.1, 0.15) is 0 Å². The molecule has 0 aliphatic heterocycles. The summed E-state index contributed by atoms with van der Waals surface area (Å²) in [6.07, 6.45) is 2.78. The summed E-state index contributed by atoms with van der Waals surface area (Å²) in [5.74, 6) is 0. The predicted molar refractivity (Wildman–Crippen MR) is 89.4 cm³/mol. The van der Waals surface area contributed by atoms with Crippen LogP contribution in [-0.4, -0.2) is 16.0 Å². The zero-order valence-corrected chi connectivity index (χ0v) is 12.1. The van der Waals surface area contributed by atoms with Gasteiger partial charge < -0.3 is 15.6 Å². The van der Waals surface area contributed by atoms with Gasteiger partial charge in [0.15, 0.2) is 0 Å². The number of para-hydroxylation sites is 1. The monoisotopic (exact) mass is 306 g/mol. The third-order valence-corrected chi connectivity index (χ3v) is 3.14. The fourth-order valence-corrected chi connectivity index (χ4v) is 2.04. The van der Waals surface area contributed by atoms with Crippen LogP contribution in [0.25, 0.3) is 11.3 Å². The van der Waals surface area contributed by atoms with Crippen molar-refractivity contribution in [2.45, 2.75) is 0 Å².